The van der Waals surface area contributed by atoms with Crippen molar-refractivity contribution in [2.24, 2.45) is 0 Å². The Hall–Kier alpha value is -1.08. The van der Waals surface area contributed by atoms with E-state index in [1.807, 2.05) is 0 Å². The van der Waals surface area contributed by atoms with Gasteiger partial charge in [0.15, 0.2) is 0 Å². The minimum Gasteiger partial charge on any atom is -0.357 e. The largest absolute Gasteiger partial charge is 0.357 e. The molecule has 1 nitrogen and oxygen atoms in total. The van der Waals surface area contributed by atoms with Crippen LogP contribution in [0.3, 0.4) is 0 Å². The van der Waals surface area contributed by atoms with E-state index in [-0.39, 0.29) is 12.2 Å². The third-order valence-electron chi connectivity index (χ3n) is 2.36. The number of rotatable bonds is 0. The van der Waals surface area contributed by atoms with Crippen LogP contribution in [0.2, 0.25) is 0 Å². The lowest BCUT2D eigenvalue weighted by Crippen LogP contribution is -1.90. The second-order valence-electron chi connectivity index (χ2n) is 2.99. The quantitative estimate of drug-likeness (QED) is 0.508. The Balaban J connectivity index is 2.28. The summed E-state index contributed by atoms with van der Waals surface area (Å²) in [6.07, 6.45) is 4.76. The first kappa shape index (κ1) is 5.56. The number of hydrogen-bond acceptors (Lipinski definition) is 1. The third-order valence-corrected chi connectivity index (χ3v) is 2.36. The number of ether oxygens (including phenoxy) is 1. The van der Waals surface area contributed by atoms with Crippen molar-refractivity contribution < 1.29 is 4.74 Å². The van der Waals surface area contributed by atoms with E-state index < -0.39 is 0 Å². The lowest BCUT2D eigenvalue weighted by molar-refractivity contribution is 0.0878. The van der Waals surface area contributed by atoms with E-state index in [2.05, 4.69) is 36.4 Å². The fourth-order valence-corrected chi connectivity index (χ4v) is 1.83. The zero-order valence-electron chi connectivity index (χ0n) is 6.03. The number of hydrogen-bond donors (Lipinski definition) is 0. The molecule has 1 aromatic rings. The Labute approximate surface area is 65.3 Å². The van der Waals surface area contributed by atoms with Crippen molar-refractivity contribution in [2.75, 3.05) is 0 Å². The molecule has 0 N–H and O–H groups in total. The molecule has 11 heavy (non-hydrogen) atoms. The Morgan fingerprint density at radius 3 is 2.00 bits per heavy atom. The van der Waals surface area contributed by atoms with E-state index >= 15 is 0 Å². The van der Waals surface area contributed by atoms with Crippen LogP contribution < -0.4 is 0 Å². The highest BCUT2D eigenvalue weighted by Crippen LogP contribution is 2.45. The van der Waals surface area contributed by atoms with Crippen molar-refractivity contribution in [1.29, 1.82) is 0 Å². The molecule has 2 bridgehead atoms. The van der Waals surface area contributed by atoms with E-state index in [4.69, 9.17) is 4.74 Å². The zero-order chi connectivity index (χ0) is 7.26. The van der Waals surface area contributed by atoms with Crippen LogP contribution in [0.4, 0.5) is 0 Å². The molecule has 1 aromatic carbocycles. The summed E-state index contributed by atoms with van der Waals surface area (Å²) in [4.78, 5) is 0. The lowest BCUT2D eigenvalue weighted by Gasteiger charge is -2.04. The molecule has 0 radical (unpaired) electrons. The van der Waals surface area contributed by atoms with Crippen LogP contribution in [0, 0.1) is 0 Å². The topological polar surface area (TPSA) is 9.23 Å². The number of fused-ring (bicyclic) bond motifs is 5. The minimum absolute atomic E-state index is 0.246. The summed E-state index contributed by atoms with van der Waals surface area (Å²) in [5.74, 6) is 0. The average Bonchev–Trinajstić information content (AvgIpc) is 2.64. The molecular formula is C10H8O. The van der Waals surface area contributed by atoms with Crippen molar-refractivity contribution in [2.45, 2.75) is 12.2 Å². The molecule has 1 unspecified atom stereocenters. The monoisotopic (exact) mass is 144 g/mol. The van der Waals surface area contributed by atoms with Gasteiger partial charge < -0.3 is 4.74 Å². The molecule has 0 fully saturated rings. The van der Waals surface area contributed by atoms with Crippen LogP contribution in [0.15, 0.2) is 36.4 Å². The molecule has 0 aliphatic carbocycles. The first-order valence-electron chi connectivity index (χ1n) is 3.88. The molecule has 2 aliphatic rings. The van der Waals surface area contributed by atoms with Gasteiger partial charge in [-0.25, -0.2) is 0 Å². The molecule has 0 saturated heterocycles. The smallest absolute Gasteiger partial charge is 0.102 e. The average molecular weight is 144 g/mol. The maximum atomic E-state index is 5.63. The van der Waals surface area contributed by atoms with Gasteiger partial charge in [-0.2, -0.15) is 0 Å². The predicted molar refractivity (Wildman–Crippen MR) is 42.1 cm³/mol. The van der Waals surface area contributed by atoms with Crippen LogP contribution in [-0.2, 0) is 4.74 Å². The van der Waals surface area contributed by atoms with E-state index in [1.165, 1.54) is 11.1 Å². The molecule has 1 heteroatoms. The van der Waals surface area contributed by atoms with Crippen LogP contribution in [0.5, 0.6) is 0 Å². The van der Waals surface area contributed by atoms with E-state index in [0.717, 1.165) is 0 Å². The summed E-state index contributed by atoms with van der Waals surface area (Å²) in [5, 5.41) is 0. The maximum Gasteiger partial charge on any atom is 0.102 e. The predicted octanol–water partition coefficient (Wildman–Crippen LogP) is 2.37. The van der Waals surface area contributed by atoms with Crippen LogP contribution in [0.25, 0.3) is 0 Å². The van der Waals surface area contributed by atoms with Gasteiger partial charge in [-0.3, -0.25) is 0 Å². The lowest BCUT2D eigenvalue weighted by atomic mass is 9.97. The van der Waals surface area contributed by atoms with Gasteiger partial charge >= 0.3 is 0 Å². The summed E-state index contributed by atoms with van der Waals surface area (Å²) in [7, 11) is 0. The van der Waals surface area contributed by atoms with E-state index in [9.17, 15) is 0 Å². The molecule has 54 valence electrons. The Morgan fingerprint density at radius 2 is 1.45 bits per heavy atom. The summed E-state index contributed by atoms with van der Waals surface area (Å²) in [6, 6.07) is 8.42. The molecule has 0 aromatic heterocycles. The first-order valence-corrected chi connectivity index (χ1v) is 3.88. The van der Waals surface area contributed by atoms with Crippen molar-refractivity contribution >= 4 is 0 Å². The second-order valence-corrected chi connectivity index (χ2v) is 2.99. The molecule has 2 aliphatic heterocycles. The van der Waals surface area contributed by atoms with Crippen LogP contribution in [-0.4, -0.2) is 0 Å². The molecular weight excluding hydrogens is 136 g/mol. The fourth-order valence-electron chi connectivity index (χ4n) is 1.83. The van der Waals surface area contributed by atoms with Crippen molar-refractivity contribution in [3.05, 3.63) is 47.5 Å². The molecule has 0 spiro atoms. The molecule has 2 atom stereocenters. The number of benzene rings is 1. The third kappa shape index (κ3) is 0.589. The van der Waals surface area contributed by atoms with Crippen molar-refractivity contribution in [3.8, 4) is 0 Å². The standard InChI is InChI=1S/C10H8O/c1-2-4-8-7(3-1)9-5-6-10(8)11-9/h1-6,9-10H/t9-,10?/m0/s1. The van der Waals surface area contributed by atoms with Gasteiger partial charge in [-0.05, 0) is 11.1 Å². The van der Waals surface area contributed by atoms with Gasteiger partial charge in [0.1, 0.15) is 12.2 Å². The second kappa shape index (κ2) is 1.74. The maximum absolute atomic E-state index is 5.63. The molecule has 0 saturated carbocycles. The van der Waals surface area contributed by atoms with E-state index in [1.54, 1.807) is 0 Å². The van der Waals surface area contributed by atoms with Gasteiger partial charge in [0.25, 0.3) is 0 Å². The van der Waals surface area contributed by atoms with Crippen LogP contribution >= 0.6 is 0 Å². The first-order chi connectivity index (χ1) is 5.45. The molecule has 0 amide bonds. The Morgan fingerprint density at radius 1 is 0.909 bits per heavy atom. The van der Waals surface area contributed by atoms with Crippen LogP contribution in [0.1, 0.15) is 23.3 Å². The zero-order valence-corrected chi connectivity index (χ0v) is 6.03. The van der Waals surface area contributed by atoms with Crippen molar-refractivity contribution in [1.82, 2.24) is 0 Å². The van der Waals surface area contributed by atoms with Gasteiger partial charge in [-0.15, -0.1) is 0 Å². The summed E-state index contributed by atoms with van der Waals surface area (Å²) in [6.45, 7) is 0. The highest BCUT2D eigenvalue weighted by Gasteiger charge is 2.32. The highest BCUT2D eigenvalue weighted by molar-refractivity contribution is 5.42. The summed E-state index contributed by atoms with van der Waals surface area (Å²) < 4.78 is 5.63. The molecule has 3 rings (SSSR count). The Bertz CT molecular complexity index is 296. The van der Waals surface area contributed by atoms with Gasteiger partial charge in [0.2, 0.25) is 0 Å². The Kier molecular flexibility index (Phi) is 0.880. The normalized spacial score (nSPS) is 30.9. The fraction of sp³-hybridized carbons (Fsp3) is 0.200. The summed E-state index contributed by atoms with van der Waals surface area (Å²) >= 11 is 0. The minimum atomic E-state index is 0.246. The van der Waals surface area contributed by atoms with Gasteiger partial charge in [0, 0.05) is 0 Å². The highest BCUT2D eigenvalue weighted by atomic mass is 16.5. The van der Waals surface area contributed by atoms with Gasteiger partial charge in [0.05, 0.1) is 0 Å². The SMILES string of the molecule is C1=C[C@@H]2OC1c1ccccc12. The van der Waals surface area contributed by atoms with Gasteiger partial charge in [-0.1, -0.05) is 36.4 Å². The van der Waals surface area contributed by atoms with E-state index in [0.29, 0.717) is 0 Å². The van der Waals surface area contributed by atoms with Crippen molar-refractivity contribution in [3.63, 3.8) is 0 Å². The summed E-state index contributed by atoms with van der Waals surface area (Å²) in [5.41, 5.74) is 2.69. The molecule has 2 heterocycles.